The third kappa shape index (κ3) is 5.38. The fraction of sp³-hybridized carbons (Fsp3) is 0.222. The van der Waals surface area contributed by atoms with Crippen LogP contribution in [-0.4, -0.2) is 18.7 Å². The van der Waals surface area contributed by atoms with Gasteiger partial charge in [-0.25, -0.2) is 5.48 Å². The van der Waals surface area contributed by atoms with Crippen molar-refractivity contribution in [3.8, 4) is 0 Å². The van der Waals surface area contributed by atoms with E-state index in [1.807, 2.05) is 0 Å². The number of amides is 1. The molecule has 0 spiro atoms. The second-order valence-corrected chi connectivity index (χ2v) is 4.35. The van der Waals surface area contributed by atoms with Gasteiger partial charge in [0.2, 0.25) is 0 Å². The highest BCUT2D eigenvalue weighted by atomic mass is 79.9. The Morgan fingerprint density at radius 2 is 2.06 bits per heavy atom. The Labute approximate surface area is 108 Å². The van der Waals surface area contributed by atoms with Crippen molar-refractivity contribution in [3.63, 3.8) is 0 Å². The number of alkyl halides is 3. The SMILES string of the molecule is O=C(NOCC(F)(F)F)c1cc(Cl)cc(Br)c1. The van der Waals surface area contributed by atoms with E-state index in [2.05, 4.69) is 20.8 Å². The van der Waals surface area contributed by atoms with Crippen molar-refractivity contribution in [1.82, 2.24) is 5.48 Å². The number of hydroxylamine groups is 1. The first-order chi connectivity index (χ1) is 7.78. The van der Waals surface area contributed by atoms with E-state index < -0.39 is 18.7 Å². The first-order valence-corrected chi connectivity index (χ1v) is 5.40. The summed E-state index contributed by atoms with van der Waals surface area (Å²) in [6.07, 6.45) is -4.50. The van der Waals surface area contributed by atoms with Crippen molar-refractivity contribution in [2.24, 2.45) is 0 Å². The van der Waals surface area contributed by atoms with Crippen LogP contribution < -0.4 is 5.48 Å². The number of benzene rings is 1. The van der Waals surface area contributed by atoms with Crippen LogP contribution in [0, 0.1) is 0 Å². The molecule has 0 aliphatic heterocycles. The van der Waals surface area contributed by atoms with Crippen LogP contribution >= 0.6 is 27.5 Å². The first-order valence-electron chi connectivity index (χ1n) is 4.23. The van der Waals surface area contributed by atoms with Crippen molar-refractivity contribution in [2.45, 2.75) is 6.18 Å². The highest BCUT2D eigenvalue weighted by Gasteiger charge is 2.28. The van der Waals surface area contributed by atoms with Gasteiger partial charge in [-0.1, -0.05) is 27.5 Å². The van der Waals surface area contributed by atoms with Crippen LogP contribution in [0.25, 0.3) is 0 Å². The largest absolute Gasteiger partial charge is 0.414 e. The van der Waals surface area contributed by atoms with Crippen LogP contribution in [0.3, 0.4) is 0 Å². The summed E-state index contributed by atoms with van der Waals surface area (Å²) in [5.74, 6) is -0.808. The zero-order valence-corrected chi connectivity index (χ0v) is 10.5. The molecule has 1 aromatic carbocycles. The topological polar surface area (TPSA) is 38.3 Å². The molecule has 0 aliphatic carbocycles. The quantitative estimate of drug-likeness (QED) is 0.862. The van der Waals surface area contributed by atoms with Gasteiger partial charge in [-0.05, 0) is 18.2 Å². The lowest BCUT2D eigenvalue weighted by atomic mass is 10.2. The van der Waals surface area contributed by atoms with Crippen LogP contribution in [0.1, 0.15) is 10.4 Å². The molecule has 0 unspecified atom stereocenters. The molecule has 0 saturated carbocycles. The van der Waals surface area contributed by atoms with Gasteiger partial charge in [0.1, 0.15) is 0 Å². The third-order valence-electron chi connectivity index (χ3n) is 1.53. The van der Waals surface area contributed by atoms with Gasteiger partial charge in [0, 0.05) is 15.1 Å². The lowest BCUT2D eigenvalue weighted by Crippen LogP contribution is -2.29. The molecule has 3 nitrogen and oxygen atoms in total. The van der Waals surface area contributed by atoms with Crippen molar-refractivity contribution >= 4 is 33.4 Å². The van der Waals surface area contributed by atoms with Gasteiger partial charge in [0.15, 0.2) is 6.61 Å². The summed E-state index contributed by atoms with van der Waals surface area (Å²) in [5.41, 5.74) is 1.76. The standard InChI is InChI=1S/C9H6BrClF3NO2/c10-6-1-5(2-7(11)3-6)8(16)15-17-4-9(12,13)14/h1-3H,4H2,(H,15,16). The molecule has 1 rings (SSSR count). The van der Waals surface area contributed by atoms with Gasteiger partial charge in [0.25, 0.3) is 5.91 Å². The molecule has 0 heterocycles. The lowest BCUT2D eigenvalue weighted by Gasteiger charge is -2.08. The number of nitrogens with one attached hydrogen (secondary N) is 1. The Balaban J connectivity index is 2.58. The Kier molecular flexibility index (Phi) is 4.79. The molecule has 1 amide bonds. The Morgan fingerprint density at radius 3 is 2.59 bits per heavy atom. The minimum Gasteiger partial charge on any atom is -0.267 e. The maximum atomic E-state index is 11.7. The predicted octanol–water partition coefficient (Wildman–Crippen LogP) is 3.33. The van der Waals surface area contributed by atoms with E-state index in [4.69, 9.17) is 11.6 Å². The maximum Gasteiger partial charge on any atom is 0.414 e. The molecule has 0 fully saturated rings. The zero-order valence-electron chi connectivity index (χ0n) is 8.15. The van der Waals surface area contributed by atoms with Gasteiger partial charge in [-0.3, -0.25) is 9.63 Å². The summed E-state index contributed by atoms with van der Waals surface area (Å²) in [6.45, 7) is -1.56. The number of halogens is 5. The van der Waals surface area contributed by atoms with Gasteiger partial charge in [-0.15, -0.1) is 0 Å². The molecular formula is C9H6BrClF3NO2. The van der Waals surface area contributed by atoms with Crippen LogP contribution in [0.15, 0.2) is 22.7 Å². The number of rotatable bonds is 3. The highest BCUT2D eigenvalue weighted by Crippen LogP contribution is 2.19. The van der Waals surface area contributed by atoms with Crippen molar-refractivity contribution in [1.29, 1.82) is 0 Å². The highest BCUT2D eigenvalue weighted by molar-refractivity contribution is 9.10. The number of carbonyl (C=O) groups is 1. The van der Waals surface area contributed by atoms with Crippen molar-refractivity contribution < 1.29 is 22.8 Å². The summed E-state index contributed by atoms with van der Waals surface area (Å²) < 4.78 is 35.7. The van der Waals surface area contributed by atoms with Crippen LogP contribution in [0.5, 0.6) is 0 Å². The Bertz CT molecular complexity index is 405. The number of hydrogen-bond donors (Lipinski definition) is 1. The lowest BCUT2D eigenvalue weighted by molar-refractivity contribution is -0.184. The van der Waals surface area contributed by atoms with E-state index >= 15 is 0 Å². The van der Waals surface area contributed by atoms with E-state index in [1.165, 1.54) is 18.2 Å². The minimum atomic E-state index is -4.50. The fourth-order valence-electron chi connectivity index (χ4n) is 0.927. The molecule has 0 saturated heterocycles. The molecule has 17 heavy (non-hydrogen) atoms. The molecule has 0 atom stereocenters. The van der Waals surface area contributed by atoms with Crippen LogP contribution in [0.4, 0.5) is 13.2 Å². The zero-order chi connectivity index (χ0) is 13.1. The van der Waals surface area contributed by atoms with Crippen LogP contribution in [0.2, 0.25) is 5.02 Å². The monoisotopic (exact) mass is 331 g/mol. The third-order valence-corrected chi connectivity index (χ3v) is 2.20. The van der Waals surface area contributed by atoms with Gasteiger partial charge in [0.05, 0.1) is 0 Å². The van der Waals surface area contributed by atoms with Gasteiger partial charge < -0.3 is 0 Å². The Morgan fingerprint density at radius 1 is 1.41 bits per heavy atom. The summed E-state index contributed by atoms with van der Waals surface area (Å²) in [7, 11) is 0. The van der Waals surface area contributed by atoms with E-state index in [-0.39, 0.29) is 10.6 Å². The molecule has 0 aliphatic rings. The Hall–Kier alpha value is -0.790. The second kappa shape index (κ2) is 5.70. The molecule has 94 valence electrons. The summed E-state index contributed by atoms with van der Waals surface area (Å²) in [4.78, 5) is 15.4. The number of hydrogen-bond acceptors (Lipinski definition) is 2. The number of carbonyl (C=O) groups excluding carboxylic acids is 1. The van der Waals surface area contributed by atoms with Gasteiger partial charge in [-0.2, -0.15) is 13.2 Å². The predicted molar refractivity (Wildman–Crippen MR) is 58.6 cm³/mol. The maximum absolute atomic E-state index is 11.7. The smallest absolute Gasteiger partial charge is 0.267 e. The van der Waals surface area contributed by atoms with E-state index in [0.29, 0.717) is 4.47 Å². The van der Waals surface area contributed by atoms with E-state index in [9.17, 15) is 18.0 Å². The minimum absolute atomic E-state index is 0.0894. The van der Waals surface area contributed by atoms with Gasteiger partial charge >= 0.3 is 6.18 Å². The summed E-state index contributed by atoms with van der Waals surface area (Å²) in [6, 6.07) is 4.24. The molecular weight excluding hydrogens is 326 g/mol. The normalized spacial score (nSPS) is 11.4. The molecule has 1 aromatic rings. The van der Waals surface area contributed by atoms with Crippen molar-refractivity contribution in [2.75, 3.05) is 6.61 Å². The molecule has 1 N–H and O–H groups in total. The fourth-order valence-corrected chi connectivity index (χ4v) is 1.79. The first kappa shape index (κ1) is 14.3. The van der Waals surface area contributed by atoms with E-state index in [1.54, 1.807) is 5.48 Å². The van der Waals surface area contributed by atoms with E-state index in [0.717, 1.165) is 0 Å². The van der Waals surface area contributed by atoms with Crippen LogP contribution in [-0.2, 0) is 4.84 Å². The average Bonchev–Trinajstić information content (AvgIpc) is 2.13. The second-order valence-electron chi connectivity index (χ2n) is 2.99. The summed E-state index contributed by atoms with van der Waals surface area (Å²) >= 11 is 8.77. The molecule has 0 radical (unpaired) electrons. The van der Waals surface area contributed by atoms with Crippen molar-refractivity contribution in [3.05, 3.63) is 33.3 Å². The molecule has 0 aromatic heterocycles. The average molecular weight is 333 g/mol. The molecule has 8 heteroatoms. The molecule has 0 bridgehead atoms. The summed E-state index contributed by atoms with van der Waals surface area (Å²) in [5, 5.41) is 0.278.